The number of hydrogen-bond donors (Lipinski definition) is 2. The predicted molar refractivity (Wildman–Crippen MR) is 114 cm³/mol. The number of likely N-dealkylation sites (tertiary alicyclic amines) is 1. The van der Waals surface area contributed by atoms with Crippen molar-refractivity contribution in [3.05, 3.63) is 35.9 Å². The van der Waals surface area contributed by atoms with Gasteiger partial charge in [-0.1, -0.05) is 30.3 Å². The second-order valence-electron chi connectivity index (χ2n) is 8.76. The van der Waals surface area contributed by atoms with Crippen molar-refractivity contribution >= 4 is 12.1 Å². The molecule has 2 aliphatic rings. The van der Waals surface area contributed by atoms with Crippen LogP contribution in [0.2, 0.25) is 0 Å². The number of carbonyl (C=O) groups excluding carboxylic acids is 1. The van der Waals surface area contributed by atoms with Gasteiger partial charge in [-0.15, -0.1) is 0 Å². The first-order valence-corrected chi connectivity index (χ1v) is 10.5. The standard InChI is InChI=1S/C22H34N4O3/c1-22(2,3)29-21(27)25-18-10-12-26(15-18)20(23-4)24-14-17-11-13-28-19(17)16-8-6-5-7-9-16/h5-9,17-19H,10-15H2,1-4H3,(H,23,24)(H,25,27). The number of ether oxygens (including phenoxy) is 2. The van der Waals surface area contributed by atoms with Crippen molar-refractivity contribution in [2.75, 3.05) is 33.3 Å². The zero-order valence-corrected chi connectivity index (χ0v) is 18.0. The first-order valence-electron chi connectivity index (χ1n) is 10.5. The molecule has 3 atom stereocenters. The third kappa shape index (κ3) is 6.10. The molecule has 0 saturated carbocycles. The summed E-state index contributed by atoms with van der Waals surface area (Å²) in [5, 5.41) is 6.48. The number of guanidine groups is 1. The molecule has 2 fully saturated rings. The zero-order valence-electron chi connectivity index (χ0n) is 18.0. The third-order valence-corrected chi connectivity index (χ3v) is 5.29. The van der Waals surface area contributed by atoms with Crippen molar-refractivity contribution in [2.45, 2.75) is 51.4 Å². The van der Waals surface area contributed by atoms with Gasteiger partial charge in [0, 0.05) is 39.2 Å². The summed E-state index contributed by atoms with van der Waals surface area (Å²) in [6.45, 7) is 8.78. The Labute approximate surface area is 173 Å². The van der Waals surface area contributed by atoms with E-state index < -0.39 is 5.60 Å². The van der Waals surface area contributed by atoms with E-state index >= 15 is 0 Å². The summed E-state index contributed by atoms with van der Waals surface area (Å²) < 4.78 is 11.4. The highest BCUT2D eigenvalue weighted by molar-refractivity contribution is 5.80. The number of nitrogens with zero attached hydrogens (tertiary/aromatic N) is 2. The number of aliphatic imine (C=N–C) groups is 1. The van der Waals surface area contributed by atoms with Gasteiger partial charge in [-0.2, -0.15) is 0 Å². The van der Waals surface area contributed by atoms with Crippen LogP contribution in [0, 0.1) is 5.92 Å². The second-order valence-corrected chi connectivity index (χ2v) is 8.76. The first-order chi connectivity index (χ1) is 13.9. The SMILES string of the molecule is CN=C(NCC1CCOC1c1ccccc1)N1CCC(NC(=O)OC(C)(C)C)C1. The Hall–Kier alpha value is -2.28. The minimum absolute atomic E-state index is 0.0651. The van der Waals surface area contributed by atoms with E-state index in [1.165, 1.54) is 5.56 Å². The summed E-state index contributed by atoms with van der Waals surface area (Å²) in [5.74, 6) is 1.28. The molecule has 3 unspecified atom stereocenters. The minimum Gasteiger partial charge on any atom is -0.444 e. The van der Waals surface area contributed by atoms with E-state index in [2.05, 4.69) is 44.8 Å². The molecule has 160 valence electrons. The number of amides is 1. The van der Waals surface area contributed by atoms with Crippen LogP contribution in [-0.4, -0.2) is 61.9 Å². The fraction of sp³-hybridized carbons (Fsp3) is 0.636. The van der Waals surface area contributed by atoms with Gasteiger partial charge in [0.2, 0.25) is 0 Å². The maximum Gasteiger partial charge on any atom is 0.407 e. The van der Waals surface area contributed by atoms with Gasteiger partial charge >= 0.3 is 6.09 Å². The molecule has 0 spiro atoms. The molecular formula is C22H34N4O3. The predicted octanol–water partition coefficient (Wildman–Crippen LogP) is 2.94. The van der Waals surface area contributed by atoms with Crippen LogP contribution in [0.5, 0.6) is 0 Å². The highest BCUT2D eigenvalue weighted by Gasteiger charge is 2.31. The lowest BCUT2D eigenvalue weighted by atomic mass is 9.95. The molecule has 0 bridgehead atoms. The monoisotopic (exact) mass is 402 g/mol. The Bertz CT molecular complexity index is 702. The summed E-state index contributed by atoms with van der Waals surface area (Å²) in [7, 11) is 1.80. The van der Waals surface area contributed by atoms with Crippen LogP contribution < -0.4 is 10.6 Å². The molecule has 3 rings (SSSR count). The maximum absolute atomic E-state index is 12.0. The van der Waals surface area contributed by atoms with Crippen molar-refractivity contribution in [2.24, 2.45) is 10.9 Å². The smallest absolute Gasteiger partial charge is 0.407 e. The van der Waals surface area contributed by atoms with Gasteiger partial charge in [-0.3, -0.25) is 4.99 Å². The fourth-order valence-electron chi connectivity index (χ4n) is 3.95. The van der Waals surface area contributed by atoms with E-state index in [1.54, 1.807) is 7.05 Å². The molecule has 1 aromatic rings. The van der Waals surface area contributed by atoms with E-state index in [4.69, 9.17) is 9.47 Å². The minimum atomic E-state index is -0.487. The van der Waals surface area contributed by atoms with Gasteiger partial charge in [-0.25, -0.2) is 4.79 Å². The lowest BCUT2D eigenvalue weighted by Gasteiger charge is -2.25. The number of rotatable bonds is 4. The average molecular weight is 403 g/mol. The summed E-state index contributed by atoms with van der Waals surface area (Å²) in [5.41, 5.74) is 0.744. The molecule has 7 heteroatoms. The van der Waals surface area contributed by atoms with Crippen LogP contribution in [0.1, 0.15) is 45.3 Å². The molecule has 29 heavy (non-hydrogen) atoms. The Morgan fingerprint density at radius 3 is 2.72 bits per heavy atom. The van der Waals surface area contributed by atoms with Gasteiger partial charge in [0.25, 0.3) is 0 Å². The highest BCUT2D eigenvalue weighted by atomic mass is 16.6. The zero-order chi connectivity index (χ0) is 20.9. The largest absolute Gasteiger partial charge is 0.444 e. The van der Waals surface area contributed by atoms with Crippen LogP contribution in [-0.2, 0) is 9.47 Å². The van der Waals surface area contributed by atoms with E-state index in [-0.39, 0.29) is 18.2 Å². The van der Waals surface area contributed by atoms with E-state index in [1.807, 2.05) is 26.8 Å². The van der Waals surface area contributed by atoms with Crippen LogP contribution in [0.15, 0.2) is 35.3 Å². The first kappa shape index (κ1) is 21.4. The van der Waals surface area contributed by atoms with Gasteiger partial charge in [0.1, 0.15) is 5.60 Å². The lowest BCUT2D eigenvalue weighted by Crippen LogP contribution is -2.45. The van der Waals surface area contributed by atoms with E-state index in [0.29, 0.717) is 5.92 Å². The molecule has 1 amide bonds. The summed E-state index contributed by atoms with van der Waals surface area (Å²) in [4.78, 5) is 18.7. The molecule has 2 aliphatic heterocycles. The number of benzene rings is 1. The third-order valence-electron chi connectivity index (χ3n) is 5.29. The van der Waals surface area contributed by atoms with Crippen LogP contribution >= 0.6 is 0 Å². The Morgan fingerprint density at radius 1 is 1.28 bits per heavy atom. The number of carbonyl (C=O) groups is 1. The van der Waals surface area contributed by atoms with Gasteiger partial charge in [0.05, 0.1) is 12.1 Å². The van der Waals surface area contributed by atoms with Crippen molar-refractivity contribution in [1.82, 2.24) is 15.5 Å². The van der Waals surface area contributed by atoms with Crippen molar-refractivity contribution in [1.29, 1.82) is 0 Å². The van der Waals surface area contributed by atoms with Gasteiger partial charge in [-0.05, 0) is 39.2 Å². The molecular weight excluding hydrogens is 368 g/mol. The highest BCUT2D eigenvalue weighted by Crippen LogP contribution is 2.33. The fourth-order valence-corrected chi connectivity index (χ4v) is 3.95. The van der Waals surface area contributed by atoms with Crippen molar-refractivity contribution < 1.29 is 14.3 Å². The molecule has 2 saturated heterocycles. The van der Waals surface area contributed by atoms with Gasteiger partial charge in [0.15, 0.2) is 5.96 Å². The van der Waals surface area contributed by atoms with Crippen LogP contribution in [0.25, 0.3) is 0 Å². The average Bonchev–Trinajstić information content (AvgIpc) is 3.31. The lowest BCUT2D eigenvalue weighted by molar-refractivity contribution is 0.0507. The molecule has 2 N–H and O–H groups in total. The van der Waals surface area contributed by atoms with Gasteiger partial charge < -0.3 is 25.0 Å². The Balaban J connectivity index is 1.49. The molecule has 2 heterocycles. The Kier molecular flexibility index (Phi) is 7.00. The van der Waals surface area contributed by atoms with Crippen molar-refractivity contribution in [3.63, 3.8) is 0 Å². The normalized spacial score (nSPS) is 25.2. The molecule has 0 radical (unpaired) electrons. The Morgan fingerprint density at radius 2 is 2.03 bits per heavy atom. The topological polar surface area (TPSA) is 75.2 Å². The number of alkyl carbamates (subject to hydrolysis) is 1. The quantitative estimate of drug-likeness (QED) is 0.598. The second kappa shape index (κ2) is 9.48. The van der Waals surface area contributed by atoms with Crippen LogP contribution in [0.4, 0.5) is 4.79 Å². The van der Waals surface area contributed by atoms with Crippen molar-refractivity contribution in [3.8, 4) is 0 Å². The molecule has 0 aliphatic carbocycles. The summed E-state index contributed by atoms with van der Waals surface area (Å²) in [6.07, 6.45) is 1.67. The summed E-state index contributed by atoms with van der Waals surface area (Å²) in [6, 6.07) is 10.5. The van der Waals surface area contributed by atoms with Crippen LogP contribution in [0.3, 0.4) is 0 Å². The maximum atomic E-state index is 12.0. The summed E-state index contributed by atoms with van der Waals surface area (Å²) >= 11 is 0. The number of hydrogen-bond acceptors (Lipinski definition) is 4. The van der Waals surface area contributed by atoms with E-state index in [0.717, 1.165) is 45.0 Å². The molecule has 0 aromatic heterocycles. The van der Waals surface area contributed by atoms with E-state index in [9.17, 15) is 4.79 Å². The molecule has 7 nitrogen and oxygen atoms in total. The number of nitrogens with one attached hydrogen (secondary N) is 2. The molecule has 1 aromatic carbocycles.